The fourth-order valence-corrected chi connectivity index (χ4v) is 1.80. The van der Waals surface area contributed by atoms with Crippen LogP contribution in [0.25, 0.3) is 0 Å². The summed E-state index contributed by atoms with van der Waals surface area (Å²) >= 11 is 0. The van der Waals surface area contributed by atoms with Gasteiger partial charge < -0.3 is 4.74 Å². The number of para-hydroxylation sites is 1. The van der Waals surface area contributed by atoms with E-state index in [1.165, 1.54) is 0 Å². The first-order valence-corrected chi connectivity index (χ1v) is 5.68. The van der Waals surface area contributed by atoms with Crippen LogP contribution in [0.1, 0.15) is 11.3 Å². The number of aryl methyl sites for hydroxylation is 1. The normalized spacial score (nSPS) is 10.3. The summed E-state index contributed by atoms with van der Waals surface area (Å²) in [6.45, 7) is 0. The minimum Gasteiger partial charge on any atom is -0.496 e. The summed E-state index contributed by atoms with van der Waals surface area (Å²) in [5.74, 6) is 0.838. The molecule has 94 valence electrons. The van der Waals surface area contributed by atoms with Gasteiger partial charge in [-0.1, -0.05) is 23.4 Å². The molecule has 0 spiro atoms. The maximum atomic E-state index is 11.9. The van der Waals surface area contributed by atoms with Gasteiger partial charge in [-0.15, -0.1) is 5.10 Å². The highest BCUT2D eigenvalue weighted by atomic mass is 16.5. The number of ether oxygens (including phenoxy) is 1. The maximum absolute atomic E-state index is 11.9. The first-order chi connectivity index (χ1) is 8.69. The van der Waals surface area contributed by atoms with Crippen LogP contribution < -0.4 is 4.74 Å². The zero-order valence-corrected chi connectivity index (χ0v) is 10.5. The molecule has 0 saturated carbocycles. The Kier molecular flexibility index (Phi) is 3.72. The fourth-order valence-electron chi connectivity index (χ4n) is 1.80. The number of Topliss-reactive ketones (excluding diaryl/α,β-unsaturated/α-hetero) is 1. The van der Waals surface area contributed by atoms with E-state index in [9.17, 15) is 4.79 Å². The van der Waals surface area contributed by atoms with E-state index in [0.717, 1.165) is 11.3 Å². The predicted molar refractivity (Wildman–Crippen MR) is 66.4 cm³/mol. The quantitative estimate of drug-likeness (QED) is 0.793. The molecule has 5 heteroatoms. The van der Waals surface area contributed by atoms with Gasteiger partial charge in [0.15, 0.2) is 0 Å². The van der Waals surface area contributed by atoms with Crippen molar-refractivity contribution in [3.05, 3.63) is 41.7 Å². The van der Waals surface area contributed by atoms with Gasteiger partial charge in [0.25, 0.3) is 0 Å². The van der Waals surface area contributed by atoms with Crippen molar-refractivity contribution in [1.82, 2.24) is 15.0 Å². The molecule has 18 heavy (non-hydrogen) atoms. The molecule has 0 N–H and O–H groups in total. The van der Waals surface area contributed by atoms with Crippen molar-refractivity contribution in [3.63, 3.8) is 0 Å². The number of benzene rings is 1. The van der Waals surface area contributed by atoms with Crippen LogP contribution in [-0.4, -0.2) is 27.9 Å². The Morgan fingerprint density at radius 1 is 1.33 bits per heavy atom. The van der Waals surface area contributed by atoms with Gasteiger partial charge in [0.2, 0.25) is 0 Å². The molecule has 0 atom stereocenters. The monoisotopic (exact) mass is 245 g/mol. The molecule has 2 aromatic rings. The predicted octanol–water partition coefficient (Wildman–Crippen LogP) is 1.18. The van der Waals surface area contributed by atoms with Gasteiger partial charge >= 0.3 is 0 Å². The molecule has 0 aliphatic heterocycles. The van der Waals surface area contributed by atoms with Crippen LogP contribution in [0, 0.1) is 0 Å². The molecular formula is C13H15N3O2. The molecule has 0 radical (unpaired) electrons. The Balaban J connectivity index is 2.03. The first kappa shape index (κ1) is 12.3. The summed E-state index contributed by atoms with van der Waals surface area (Å²) in [6.07, 6.45) is 2.40. The average molecular weight is 245 g/mol. The molecule has 0 saturated heterocycles. The highest BCUT2D eigenvalue weighted by Gasteiger charge is 2.10. The highest BCUT2D eigenvalue weighted by Crippen LogP contribution is 2.18. The Morgan fingerprint density at radius 2 is 2.11 bits per heavy atom. The Labute approximate surface area is 105 Å². The third kappa shape index (κ3) is 2.94. The molecule has 0 aliphatic carbocycles. The van der Waals surface area contributed by atoms with Crippen molar-refractivity contribution in [2.75, 3.05) is 7.11 Å². The molecule has 2 rings (SSSR count). The lowest BCUT2D eigenvalue weighted by molar-refractivity contribution is -0.117. The summed E-state index contributed by atoms with van der Waals surface area (Å²) in [7, 11) is 3.38. The van der Waals surface area contributed by atoms with Gasteiger partial charge in [-0.3, -0.25) is 9.48 Å². The van der Waals surface area contributed by atoms with Gasteiger partial charge in [0, 0.05) is 25.2 Å². The number of carbonyl (C=O) groups excluding carboxylic acids is 1. The highest BCUT2D eigenvalue weighted by molar-refractivity contribution is 5.83. The lowest BCUT2D eigenvalue weighted by atomic mass is 10.1. The molecule has 1 aromatic heterocycles. The van der Waals surface area contributed by atoms with Crippen molar-refractivity contribution in [1.29, 1.82) is 0 Å². The van der Waals surface area contributed by atoms with Gasteiger partial charge in [0.05, 0.1) is 19.2 Å². The van der Waals surface area contributed by atoms with E-state index in [-0.39, 0.29) is 5.78 Å². The molecule has 1 heterocycles. The van der Waals surface area contributed by atoms with Gasteiger partial charge in [-0.2, -0.15) is 0 Å². The summed E-state index contributed by atoms with van der Waals surface area (Å²) in [6, 6.07) is 7.53. The zero-order chi connectivity index (χ0) is 13.0. The number of aromatic nitrogens is 3. The smallest absolute Gasteiger partial charge is 0.143 e. The molecule has 0 amide bonds. The molecular weight excluding hydrogens is 230 g/mol. The lowest BCUT2D eigenvalue weighted by Crippen LogP contribution is -2.08. The van der Waals surface area contributed by atoms with Crippen molar-refractivity contribution in [3.8, 4) is 5.75 Å². The Hall–Kier alpha value is -2.17. The van der Waals surface area contributed by atoms with Crippen molar-refractivity contribution < 1.29 is 9.53 Å². The van der Waals surface area contributed by atoms with Crippen molar-refractivity contribution >= 4 is 5.78 Å². The van der Waals surface area contributed by atoms with Crippen molar-refractivity contribution in [2.45, 2.75) is 12.8 Å². The van der Waals surface area contributed by atoms with E-state index in [1.54, 1.807) is 25.0 Å². The van der Waals surface area contributed by atoms with Crippen LogP contribution in [-0.2, 0) is 24.7 Å². The second-order valence-corrected chi connectivity index (χ2v) is 4.09. The van der Waals surface area contributed by atoms with Crippen LogP contribution >= 0.6 is 0 Å². The van der Waals surface area contributed by atoms with E-state index < -0.39 is 0 Å². The number of hydrogen-bond donors (Lipinski definition) is 0. The number of ketones is 1. The van der Waals surface area contributed by atoms with E-state index in [4.69, 9.17) is 4.74 Å². The third-order valence-electron chi connectivity index (χ3n) is 2.61. The average Bonchev–Trinajstić information content (AvgIpc) is 2.75. The number of hydrogen-bond acceptors (Lipinski definition) is 4. The van der Waals surface area contributed by atoms with Crippen molar-refractivity contribution in [2.24, 2.45) is 7.05 Å². The molecule has 0 unspecified atom stereocenters. The zero-order valence-electron chi connectivity index (χ0n) is 10.5. The molecule has 1 aromatic carbocycles. The van der Waals surface area contributed by atoms with E-state index in [2.05, 4.69) is 10.3 Å². The molecule has 0 aliphatic rings. The Morgan fingerprint density at radius 3 is 2.78 bits per heavy atom. The summed E-state index contributed by atoms with van der Waals surface area (Å²) in [4.78, 5) is 11.9. The van der Waals surface area contributed by atoms with E-state index in [0.29, 0.717) is 18.5 Å². The summed E-state index contributed by atoms with van der Waals surface area (Å²) in [5.41, 5.74) is 1.59. The molecule has 0 fully saturated rings. The second-order valence-electron chi connectivity index (χ2n) is 4.09. The number of methoxy groups -OCH3 is 1. The van der Waals surface area contributed by atoms with Crippen LogP contribution in [0.2, 0.25) is 0 Å². The van der Waals surface area contributed by atoms with Gasteiger partial charge in [-0.05, 0) is 6.07 Å². The van der Waals surface area contributed by atoms with Crippen LogP contribution in [0.4, 0.5) is 0 Å². The summed E-state index contributed by atoms with van der Waals surface area (Å²) in [5, 5.41) is 7.70. The fraction of sp³-hybridized carbons (Fsp3) is 0.308. The topological polar surface area (TPSA) is 57.0 Å². The Bertz CT molecular complexity index is 549. The van der Waals surface area contributed by atoms with Crippen LogP contribution in [0.3, 0.4) is 0 Å². The molecule has 0 bridgehead atoms. The number of nitrogens with zero attached hydrogens (tertiary/aromatic N) is 3. The minimum absolute atomic E-state index is 0.0972. The second kappa shape index (κ2) is 5.44. The number of carbonyl (C=O) groups is 1. The molecule has 5 nitrogen and oxygen atoms in total. The first-order valence-electron chi connectivity index (χ1n) is 5.68. The van der Waals surface area contributed by atoms with Crippen LogP contribution in [0.5, 0.6) is 5.75 Å². The standard InChI is InChI=1S/C13H15N3O2/c1-16-9-11(14-15-16)8-12(17)7-10-5-3-4-6-13(10)18-2/h3-6,9H,7-8H2,1-2H3. The largest absolute Gasteiger partial charge is 0.496 e. The van der Waals surface area contributed by atoms with Crippen LogP contribution in [0.15, 0.2) is 30.5 Å². The summed E-state index contributed by atoms with van der Waals surface area (Å²) < 4.78 is 6.81. The van der Waals surface area contributed by atoms with Gasteiger partial charge in [-0.25, -0.2) is 0 Å². The number of rotatable bonds is 5. The SMILES string of the molecule is COc1ccccc1CC(=O)Cc1cn(C)nn1. The van der Waals surface area contributed by atoms with E-state index in [1.807, 2.05) is 24.3 Å². The maximum Gasteiger partial charge on any atom is 0.143 e. The minimum atomic E-state index is 0.0972. The third-order valence-corrected chi connectivity index (χ3v) is 2.61. The lowest BCUT2D eigenvalue weighted by Gasteiger charge is -2.06. The van der Waals surface area contributed by atoms with Gasteiger partial charge in [0.1, 0.15) is 11.5 Å². The van der Waals surface area contributed by atoms with E-state index >= 15 is 0 Å².